The molecular formula is C111H81N3. The Morgan fingerprint density at radius 1 is 0.202 bits per heavy atom. The van der Waals surface area contributed by atoms with E-state index in [1.807, 2.05) is 0 Å². The van der Waals surface area contributed by atoms with Gasteiger partial charge in [0.1, 0.15) is 0 Å². The summed E-state index contributed by atoms with van der Waals surface area (Å²) in [6.45, 7) is 9.08. The van der Waals surface area contributed by atoms with Gasteiger partial charge in [0.15, 0.2) is 0 Å². The van der Waals surface area contributed by atoms with Crippen LogP contribution in [-0.4, -0.2) is 9.13 Å². The van der Waals surface area contributed by atoms with Crippen molar-refractivity contribution < 1.29 is 0 Å². The van der Waals surface area contributed by atoms with Gasteiger partial charge in [-0.05, 0) is 242 Å². The first-order valence-corrected chi connectivity index (χ1v) is 39.6. The van der Waals surface area contributed by atoms with Gasteiger partial charge in [0.05, 0.1) is 22.1 Å². The highest BCUT2D eigenvalue weighted by atomic mass is 15.1. The van der Waals surface area contributed by atoms with Gasteiger partial charge in [-0.25, -0.2) is 0 Å². The summed E-state index contributed by atoms with van der Waals surface area (Å²) >= 11 is 0. The summed E-state index contributed by atoms with van der Waals surface area (Å²) in [6, 6.07) is 153. The first kappa shape index (κ1) is 68.9. The fourth-order valence-corrected chi connectivity index (χ4v) is 17.8. The van der Waals surface area contributed by atoms with Crippen molar-refractivity contribution in [3.8, 4) is 89.3 Å². The lowest BCUT2D eigenvalue weighted by molar-refractivity contribution is 0.591. The Kier molecular flexibility index (Phi) is 17.4. The van der Waals surface area contributed by atoms with Gasteiger partial charge >= 0.3 is 0 Å². The van der Waals surface area contributed by atoms with Crippen LogP contribution in [0.2, 0.25) is 0 Å². The van der Waals surface area contributed by atoms with Crippen molar-refractivity contribution >= 4 is 104 Å². The zero-order valence-electron chi connectivity index (χ0n) is 64.2. The predicted octanol–water partition coefficient (Wildman–Crippen LogP) is 30.9. The minimum Gasteiger partial charge on any atom is -0.310 e. The van der Waals surface area contributed by atoms with E-state index in [-0.39, 0.29) is 5.41 Å². The van der Waals surface area contributed by atoms with Gasteiger partial charge in [-0.3, -0.25) is 0 Å². The molecule has 21 aromatic rings. The highest BCUT2D eigenvalue weighted by Gasteiger charge is 2.25. The second-order valence-electron chi connectivity index (χ2n) is 31.1. The lowest BCUT2D eigenvalue weighted by atomic mass is 9.81. The molecule has 19 aromatic carbocycles. The minimum absolute atomic E-state index is 0.0283. The van der Waals surface area contributed by atoms with E-state index in [1.54, 1.807) is 0 Å². The molecule has 0 aliphatic rings. The highest BCUT2D eigenvalue weighted by Crippen LogP contribution is 2.49. The Morgan fingerprint density at radius 2 is 0.553 bits per heavy atom. The van der Waals surface area contributed by atoms with Crippen molar-refractivity contribution in [1.29, 1.82) is 0 Å². The SMILES string of the molecule is Cc1ccc(-c2c3ccccc3c(-c3ccc(-n4c5ccccc5c5cc(-c6ccccc6-c6ccccc6)ccc54)cc3)c3ccc(C(C)(C)C)cc23)cc1.c1ccc(-c2cccc(-c3c4ccccc4c(-c4ccc(-n5c6ccccc6c6cc(N(c7ccccc7)c7ccccc7)ccc65)cc4)c4ccccc34)c2)cc1. The van der Waals surface area contributed by atoms with Crippen LogP contribution < -0.4 is 4.90 Å². The van der Waals surface area contributed by atoms with Crippen LogP contribution in [0.1, 0.15) is 31.9 Å². The van der Waals surface area contributed by atoms with Crippen LogP contribution >= 0.6 is 0 Å². The molecule has 2 aromatic heterocycles. The fraction of sp³-hybridized carbons (Fsp3) is 0.0450. The zero-order valence-corrected chi connectivity index (χ0v) is 64.2. The number of fused-ring (bicyclic) bond motifs is 10. The third kappa shape index (κ3) is 12.3. The second kappa shape index (κ2) is 28.8. The first-order chi connectivity index (χ1) is 56.1. The predicted molar refractivity (Wildman–Crippen MR) is 488 cm³/mol. The van der Waals surface area contributed by atoms with Crippen LogP contribution in [0.5, 0.6) is 0 Å². The molecule has 0 N–H and O–H groups in total. The number of hydrogen-bond donors (Lipinski definition) is 0. The Bertz CT molecular complexity index is 7110. The third-order valence-electron chi connectivity index (χ3n) is 23.2. The largest absolute Gasteiger partial charge is 0.310 e. The highest BCUT2D eigenvalue weighted by molar-refractivity contribution is 6.23. The monoisotopic (exact) mass is 1460 g/mol. The number of aromatic nitrogens is 2. The van der Waals surface area contributed by atoms with Gasteiger partial charge in [0, 0.05) is 50.0 Å². The number of hydrogen-bond acceptors (Lipinski definition) is 1. The smallest absolute Gasteiger partial charge is 0.0542 e. The Morgan fingerprint density at radius 3 is 1.04 bits per heavy atom. The van der Waals surface area contributed by atoms with Crippen molar-refractivity contribution in [1.82, 2.24) is 9.13 Å². The molecule has 0 fully saturated rings. The lowest BCUT2D eigenvalue weighted by Gasteiger charge is -2.25. The summed E-state index contributed by atoms with van der Waals surface area (Å²) < 4.78 is 4.83. The van der Waals surface area contributed by atoms with Crippen molar-refractivity contribution in [3.05, 3.63) is 430 Å². The third-order valence-corrected chi connectivity index (χ3v) is 23.2. The number of para-hydroxylation sites is 4. The van der Waals surface area contributed by atoms with E-state index in [0.29, 0.717) is 0 Å². The molecule has 0 aliphatic carbocycles. The van der Waals surface area contributed by atoms with Gasteiger partial charge in [-0.15, -0.1) is 0 Å². The number of rotatable bonds is 12. The molecule has 0 saturated heterocycles. The van der Waals surface area contributed by atoms with E-state index in [0.717, 1.165) is 28.4 Å². The van der Waals surface area contributed by atoms with Gasteiger partial charge in [0.25, 0.3) is 0 Å². The number of nitrogens with zero attached hydrogens (tertiary/aromatic N) is 3. The molecule has 114 heavy (non-hydrogen) atoms. The zero-order chi connectivity index (χ0) is 76.4. The summed E-state index contributed by atoms with van der Waals surface area (Å²) in [5, 5.41) is 15.1. The summed E-state index contributed by atoms with van der Waals surface area (Å²) in [7, 11) is 0. The van der Waals surface area contributed by atoms with Crippen LogP contribution in [0.4, 0.5) is 17.1 Å². The molecule has 21 rings (SSSR count). The normalized spacial score (nSPS) is 11.7. The molecule has 0 bridgehead atoms. The van der Waals surface area contributed by atoms with Crippen molar-refractivity contribution in [3.63, 3.8) is 0 Å². The topological polar surface area (TPSA) is 13.1 Å². The van der Waals surface area contributed by atoms with E-state index in [2.05, 4.69) is 460 Å². The van der Waals surface area contributed by atoms with E-state index in [9.17, 15) is 0 Å². The van der Waals surface area contributed by atoms with E-state index < -0.39 is 0 Å². The van der Waals surface area contributed by atoms with E-state index in [1.165, 1.54) is 176 Å². The summed E-state index contributed by atoms with van der Waals surface area (Å²) in [5.41, 5.74) is 30.4. The Hall–Kier alpha value is -14.4. The molecule has 540 valence electrons. The van der Waals surface area contributed by atoms with E-state index >= 15 is 0 Å². The van der Waals surface area contributed by atoms with Crippen LogP contribution in [0, 0.1) is 6.92 Å². The average Bonchev–Trinajstić information content (AvgIpc) is 1.19. The molecule has 0 unspecified atom stereocenters. The summed E-state index contributed by atoms with van der Waals surface area (Å²) in [5.74, 6) is 0. The van der Waals surface area contributed by atoms with Crippen LogP contribution in [0.15, 0.2) is 419 Å². The van der Waals surface area contributed by atoms with Crippen molar-refractivity contribution in [2.24, 2.45) is 0 Å². The van der Waals surface area contributed by atoms with Gasteiger partial charge in [0.2, 0.25) is 0 Å². The molecule has 0 saturated carbocycles. The molecule has 0 amide bonds. The quantitative estimate of drug-likeness (QED) is 0.111. The van der Waals surface area contributed by atoms with E-state index in [4.69, 9.17) is 0 Å². The first-order valence-electron chi connectivity index (χ1n) is 39.6. The molecule has 0 atom stereocenters. The Labute approximate surface area is 665 Å². The van der Waals surface area contributed by atoms with Crippen LogP contribution in [0.3, 0.4) is 0 Å². The maximum absolute atomic E-state index is 2.44. The number of aryl methyl sites for hydroxylation is 1. The minimum atomic E-state index is 0.0283. The second-order valence-corrected chi connectivity index (χ2v) is 31.1. The molecule has 2 heterocycles. The average molecular weight is 1460 g/mol. The van der Waals surface area contributed by atoms with Gasteiger partial charge in [-0.2, -0.15) is 0 Å². The standard InChI is InChI=1S/C56H38N2.C55H43N/c1-4-17-39(18-5-1)41-19-16-20-42(37-41)56-50-28-12-10-26-48(50)55(49-27-11-13-29-51(49)56)40-31-33-45(34-32-40)58-53-30-15-14-25-47(53)52-38-46(35-36-54(52)58)57(43-21-6-2-7-22-43)44-23-8-3-9-24-44;1-36-22-24-38(25-23-36)54-47-20-11-10-19-46(47)53(48-32-29-41(35-50(48)54)55(2,3)4)39-26-30-42(31-27-39)56-51-21-13-12-18-45(51)49-34-40(28-33-52(49)56)44-17-9-8-16-43(44)37-14-6-5-7-15-37/h1-38H;5-35H,1-4H3. The maximum Gasteiger partial charge on any atom is 0.0542 e. The molecule has 0 aliphatic heterocycles. The molecular weight excluding hydrogens is 1380 g/mol. The molecule has 3 nitrogen and oxygen atoms in total. The number of benzene rings is 19. The van der Waals surface area contributed by atoms with Crippen molar-refractivity contribution in [2.75, 3.05) is 4.90 Å². The summed E-state index contributed by atoms with van der Waals surface area (Å²) in [4.78, 5) is 2.33. The van der Waals surface area contributed by atoms with Crippen molar-refractivity contribution in [2.45, 2.75) is 33.1 Å². The lowest BCUT2D eigenvalue weighted by Crippen LogP contribution is -2.10. The van der Waals surface area contributed by atoms with Gasteiger partial charge in [-0.1, -0.05) is 342 Å². The molecule has 0 spiro atoms. The van der Waals surface area contributed by atoms with Gasteiger partial charge < -0.3 is 14.0 Å². The molecule has 0 radical (unpaired) electrons. The number of anilines is 3. The van der Waals surface area contributed by atoms with Crippen LogP contribution in [-0.2, 0) is 5.41 Å². The van der Waals surface area contributed by atoms with Crippen LogP contribution in [0.25, 0.3) is 176 Å². The Balaban J connectivity index is 0.000000148. The molecule has 3 heteroatoms. The fourth-order valence-electron chi connectivity index (χ4n) is 17.8. The maximum atomic E-state index is 2.44. The summed E-state index contributed by atoms with van der Waals surface area (Å²) in [6.07, 6.45) is 0.